The number of nitrogens with zero attached hydrogens (tertiary/aromatic N) is 4. The molecule has 0 saturated heterocycles. The highest BCUT2D eigenvalue weighted by atomic mass is 16.5. The highest BCUT2D eigenvalue weighted by Gasteiger charge is 2.28. The fraction of sp³-hybridized carbons (Fsp3) is 0.254. The number of anilines is 2. The van der Waals surface area contributed by atoms with E-state index in [1.54, 1.807) is 0 Å². The molecule has 0 amide bonds. The van der Waals surface area contributed by atoms with Gasteiger partial charge in [0.05, 0.1) is 27.8 Å². The Kier molecular flexibility index (Phi) is 8.88. The van der Waals surface area contributed by atoms with E-state index >= 15 is 0 Å². The topological polar surface area (TPSA) is 35.2 Å². The monoisotopic (exact) mass is 1010 g/mol. The lowest BCUT2D eigenvalue weighted by molar-refractivity contribution is 0.413. The molecule has 11 aromatic rings. The maximum absolute atomic E-state index is 9.92. The highest BCUT2D eigenvalue weighted by Crippen LogP contribution is 2.47. The molecule has 0 radical (unpaired) electrons. The van der Waals surface area contributed by atoms with Crippen molar-refractivity contribution < 1.29 is 19.8 Å². The maximum atomic E-state index is 9.92. The van der Waals surface area contributed by atoms with Crippen molar-refractivity contribution in [2.24, 2.45) is 5.41 Å². The van der Waals surface area contributed by atoms with Crippen LogP contribution in [0.2, 0.25) is 0 Å². The van der Waals surface area contributed by atoms with E-state index in [9.17, 15) is 2.74 Å². The molecule has 0 fully saturated rings. The Morgan fingerprint density at radius 3 is 1.88 bits per heavy atom. The molecule has 0 atom stereocenters. The molecule has 0 bridgehead atoms. The van der Waals surface area contributed by atoms with Gasteiger partial charge in [0.25, 0.3) is 0 Å². The van der Waals surface area contributed by atoms with E-state index in [0.29, 0.717) is 39.3 Å². The fourth-order valence-corrected chi connectivity index (χ4v) is 11.3. The molecule has 0 N–H and O–H groups in total. The molecule has 5 nitrogen and oxygen atoms in total. The van der Waals surface area contributed by atoms with Gasteiger partial charge in [0.1, 0.15) is 24.0 Å². The van der Waals surface area contributed by atoms with E-state index in [-0.39, 0.29) is 17.6 Å². The van der Waals surface area contributed by atoms with Gasteiger partial charge in [-0.15, -0.1) is 0 Å². The van der Waals surface area contributed by atoms with Crippen LogP contribution in [0.5, 0.6) is 11.5 Å². The van der Waals surface area contributed by atoms with Crippen molar-refractivity contribution in [2.75, 3.05) is 4.90 Å². The molecule has 8 aromatic carbocycles. The summed E-state index contributed by atoms with van der Waals surface area (Å²) in [5.41, 5.74) is 3.08. The Labute approximate surface area is 464 Å². The first-order chi connectivity index (χ1) is 40.7. The molecule has 4 heterocycles. The first-order valence-corrected chi connectivity index (χ1v) is 26.2. The summed E-state index contributed by atoms with van der Waals surface area (Å²) < 4.78 is 111. The summed E-state index contributed by atoms with van der Waals surface area (Å²) in [6.45, 7) is 7.81. The SMILES string of the molecule is [2H]C([2H])([2H])C(c1cc(-c2cccc3c4ccccc4c4c(C([2H])([2H])C(C)(C)C)cccc4c4cccc5c4n(c23)CN5c2cccc(Oc3ccc4c5ccccc5n(-c5cc(C(C)(C)C)ccn5)c4c3)c2)cc(C(C)(C)C)c1)(C([2H])([2H])[2H])C([2H])([2H])[2H]. The third-order valence-electron chi connectivity index (χ3n) is 14.9. The van der Waals surface area contributed by atoms with Crippen molar-refractivity contribution in [3.05, 3.63) is 204 Å². The zero-order valence-electron chi connectivity index (χ0n) is 55.7. The van der Waals surface area contributed by atoms with Gasteiger partial charge in [0.15, 0.2) is 0 Å². The van der Waals surface area contributed by atoms with Gasteiger partial charge in [-0.05, 0) is 126 Å². The average Bonchev–Trinajstić information content (AvgIpc) is 1.43. The lowest BCUT2D eigenvalue weighted by Crippen LogP contribution is -2.17. The van der Waals surface area contributed by atoms with Gasteiger partial charge in [-0.3, -0.25) is 4.57 Å². The van der Waals surface area contributed by atoms with Crippen molar-refractivity contribution in [1.82, 2.24) is 14.1 Å². The number of pyridine rings is 1. The van der Waals surface area contributed by atoms with Crippen molar-refractivity contribution >= 4 is 76.5 Å². The Morgan fingerprint density at radius 2 is 1.13 bits per heavy atom. The summed E-state index contributed by atoms with van der Waals surface area (Å²) in [5.74, 6) is 2.02. The Bertz CT molecular complexity index is 4620. The standard InChI is InChI=1S/C71H70N4O/c1-68(2,3)43-45-21-17-28-58-60-30-20-32-62-67(60)74(66-53(27-19-29-59(66)54-24-13-14-26-57(54)65(45)58)46-37-48(70(7,8)9)39-49(38-46)71(10,11)12)44-73(62)50-22-18-23-51(41-50)76-52-33-34-56-55-25-15-16-31-61(55)75(63(56)42-52)64-40-47(35-36-72-64)69(4,5)6/h13-42H,43-44H2,1-12H3/i7D3,8D3,9D3,43D2. The number of rotatable bonds is 6. The number of aromatic nitrogens is 3. The van der Waals surface area contributed by atoms with Crippen molar-refractivity contribution in [3.8, 4) is 28.4 Å². The number of hydrogen-bond donors (Lipinski definition) is 0. The summed E-state index contributed by atoms with van der Waals surface area (Å²) in [6.07, 6.45) is 0.0302. The minimum absolute atomic E-state index is 0.0983. The quantitative estimate of drug-likeness (QED) is 0.166. The molecule has 1 aliphatic heterocycles. The van der Waals surface area contributed by atoms with Gasteiger partial charge in [-0.2, -0.15) is 0 Å². The second-order valence-electron chi connectivity index (χ2n) is 23.6. The molecule has 0 unspecified atom stereocenters. The van der Waals surface area contributed by atoms with Crippen LogP contribution in [0.25, 0.3) is 82.1 Å². The number of hydrogen-bond acceptors (Lipinski definition) is 3. The van der Waals surface area contributed by atoms with E-state index in [4.69, 9.17) is 22.1 Å². The van der Waals surface area contributed by atoms with Crippen LogP contribution in [0.4, 0.5) is 11.4 Å². The number of ether oxygens (including phenoxy) is 1. The third-order valence-corrected chi connectivity index (χ3v) is 14.9. The zero-order chi connectivity index (χ0) is 62.3. The molecule has 0 aliphatic carbocycles. The van der Waals surface area contributed by atoms with Crippen molar-refractivity contribution in [1.29, 1.82) is 0 Å². The van der Waals surface area contributed by atoms with Crippen LogP contribution in [0.1, 0.15) is 120 Å². The second-order valence-corrected chi connectivity index (χ2v) is 23.6. The molecule has 3 aromatic heterocycles. The highest BCUT2D eigenvalue weighted by molar-refractivity contribution is 6.23. The molecular weight excluding hydrogens is 925 g/mol. The Hall–Kier alpha value is -7.89. The van der Waals surface area contributed by atoms with Gasteiger partial charge in [-0.1, -0.05) is 198 Å². The zero-order valence-corrected chi connectivity index (χ0v) is 44.7. The average molecular weight is 1010 g/mol. The number of fused-ring (bicyclic) bond motifs is 10. The lowest BCUT2D eigenvalue weighted by Gasteiger charge is -2.27. The second kappa shape index (κ2) is 17.9. The van der Waals surface area contributed by atoms with Gasteiger partial charge in [0, 0.05) is 66.2 Å². The van der Waals surface area contributed by atoms with Crippen LogP contribution in [-0.4, -0.2) is 14.1 Å². The number of benzene rings is 8. The summed E-state index contributed by atoms with van der Waals surface area (Å²) in [4.78, 5) is 7.11. The minimum atomic E-state index is -3.51. The lowest BCUT2D eigenvalue weighted by atomic mass is 9.78. The van der Waals surface area contributed by atoms with Crippen LogP contribution in [-0.2, 0) is 29.3 Å². The van der Waals surface area contributed by atoms with Crippen molar-refractivity contribution in [3.63, 3.8) is 0 Å². The molecule has 12 rings (SSSR count). The normalized spacial score (nSPS) is 16.1. The molecule has 380 valence electrons. The van der Waals surface area contributed by atoms with Crippen LogP contribution >= 0.6 is 0 Å². The van der Waals surface area contributed by atoms with Crippen LogP contribution in [0, 0.1) is 5.41 Å². The molecule has 0 spiro atoms. The molecule has 5 heteroatoms. The van der Waals surface area contributed by atoms with Gasteiger partial charge < -0.3 is 14.2 Å². The predicted molar refractivity (Wildman–Crippen MR) is 324 cm³/mol. The maximum Gasteiger partial charge on any atom is 0.137 e. The fourth-order valence-electron chi connectivity index (χ4n) is 11.3. The van der Waals surface area contributed by atoms with Gasteiger partial charge in [-0.25, -0.2) is 4.98 Å². The summed E-state index contributed by atoms with van der Waals surface area (Å²) in [5, 5.41) is 6.86. The smallest absolute Gasteiger partial charge is 0.137 e. The summed E-state index contributed by atoms with van der Waals surface area (Å²) in [6, 6.07) is 57.4. The molecule has 1 aliphatic rings. The van der Waals surface area contributed by atoms with Crippen LogP contribution < -0.4 is 9.64 Å². The molecular formula is C71H70N4O. The van der Waals surface area contributed by atoms with Gasteiger partial charge >= 0.3 is 0 Å². The van der Waals surface area contributed by atoms with Crippen molar-refractivity contribution in [2.45, 2.75) is 112 Å². The van der Waals surface area contributed by atoms with E-state index in [0.717, 1.165) is 76.8 Å². The Morgan fingerprint density at radius 1 is 0.513 bits per heavy atom. The Balaban J connectivity index is 1.14. The van der Waals surface area contributed by atoms with E-state index in [2.05, 4.69) is 89.4 Å². The third kappa shape index (κ3) is 8.64. The molecule has 0 saturated carbocycles. The number of para-hydroxylation sites is 3. The first kappa shape index (κ1) is 37.8. The van der Waals surface area contributed by atoms with E-state index < -0.39 is 43.2 Å². The predicted octanol–water partition coefficient (Wildman–Crippen LogP) is 19.8. The summed E-state index contributed by atoms with van der Waals surface area (Å²) in [7, 11) is 0. The minimum Gasteiger partial charge on any atom is -0.457 e. The summed E-state index contributed by atoms with van der Waals surface area (Å²) >= 11 is 0. The van der Waals surface area contributed by atoms with E-state index in [1.807, 2.05) is 157 Å². The first-order valence-electron chi connectivity index (χ1n) is 31.7. The van der Waals surface area contributed by atoms with E-state index in [1.165, 1.54) is 17.7 Å². The molecule has 76 heavy (non-hydrogen) atoms. The van der Waals surface area contributed by atoms with Crippen LogP contribution in [0.3, 0.4) is 0 Å². The largest absolute Gasteiger partial charge is 0.457 e. The van der Waals surface area contributed by atoms with Crippen LogP contribution in [0.15, 0.2) is 182 Å². The van der Waals surface area contributed by atoms with Gasteiger partial charge in [0.2, 0.25) is 0 Å².